The zero-order chi connectivity index (χ0) is 37.5. The molecule has 0 radical (unpaired) electrons. The summed E-state index contributed by atoms with van der Waals surface area (Å²) in [4.78, 5) is 6.70. The first-order valence-electron chi connectivity index (χ1n) is 19.5. The fourth-order valence-corrected chi connectivity index (χ4v) is 9.89. The van der Waals surface area contributed by atoms with Crippen molar-refractivity contribution in [3.8, 4) is 44.5 Å². The van der Waals surface area contributed by atoms with Crippen LogP contribution in [0, 0.1) is 0 Å². The summed E-state index contributed by atoms with van der Waals surface area (Å²) >= 11 is 0. The lowest BCUT2D eigenvalue weighted by atomic mass is 9.70. The predicted molar refractivity (Wildman–Crippen MR) is 233 cm³/mol. The van der Waals surface area contributed by atoms with Crippen LogP contribution in [0.3, 0.4) is 0 Å². The number of rotatable bonds is 5. The van der Waals surface area contributed by atoms with Crippen molar-refractivity contribution in [1.82, 2.24) is 4.98 Å². The van der Waals surface area contributed by atoms with Crippen molar-refractivity contribution >= 4 is 39.0 Å². The molecule has 0 aliphatic heterocycles. The number of benzene rings is 8. The average molecular weight is 727 g/mol. The molecule has 3 heteroatoms. The van der Waals surface area contributed by atoms with Gasteiger partial charge in [0.05, 0.1) is 11.1 Å². The van der Waals surface area contributed by atoms with Crippen LogP contribution in [0.25, 0.3) is 66.4 Å². The first kappa shape index (κ1) is 31.8. The van der Waals surface area contributed by atoms with Crippen LogP contribution in [0.15, 0.2) is 211 Å². The molecule has 0 bridgehead atoms. The molecule has 2 aromatic heterocycles. The van der Waals surface area contributed by atoms with E-state index in [0.29, 0.717) is 0 Å². The van der Waals surface area contributed by atoms with E-state index in [1.54, 1.807) is 0 Å². The lowest BCUT2D eigenvalue weighted by Gasteiger charge is -2.32. The van der Waals surface area contributed by atoms with Crippen LogP contribution in [0.1, 0.15) is 22.3 Å². The van der Waals surface area contributed by atoms with E-state index in [-0.39, 0.29) is 0 Å². The Kier molecular flexibility index (Phi) is 6.84. The molecule has 12 rings (SSSR count). The first-order valence-corrected chi connectivity index (χ1v) is 19.5. The van der Waals surface area contributed by atoms with Gasteiger partial charge in [0.2, 0.25) is 0 Å². The van der Waals surface area contributed by atoms with Crippen LogP contribution in [-0.4, -0.2) is 4.98 Å². The van der Waals surface area contributed by atoms with E-state index in [2.05, 4.69) is 198 Å². The fourth-order valence-electron chi connectivity index (χ4n) is 9.89. The molecule has 57 heavy (non-hydrogen) atoms. The molecule has 2 aliphatic carbocycles. The molecule has 0 saturated carbocycles. The van der Waals surface area contributed by atoms with Crippen LogP contribution in [-0.2, 0) is 5.41 Å². The predicted octanol–water partition coefficient (Wildman–Crippen LogP) is 14.1. The molecule has 2 heterocycles. The molecular weight excluding hydrogens is 693 g/mol. The van der Waals surface area contributed by atoms with Crippen molar-refractivity contribution in [2.24, 2.45) is 0 Å². The Bertz CT molecular complexity index is 3130. The third-order valence-corrected chi connectivity index (χ3v) is 12.2. The summed E-state index contributed by atoms with van der Waals surface area (Å²) in [7, 11) is 0. The molecule has 2 aliphatic rings. The van der Waals surface area contributed by atoms with Gasteiger partial charge in [-0.25, -0.2) is 0 Å². The summed E-state index contributed by atoms with van der Waals surface area (Å²) in [6, 6.07) is 70.8. The third kappa shape index (κ3) is 4.51. The highest BCUT2D eigenvalue weighted by atomic mass is 16.3. The number of furan rings is 1. The van der Waals surface area contributed by atoms with E-state index < -0.39 is 5.41 Å². The van der Waals surface area contributed by atoms with Gasteiger partial charge in [-0.15, -0.1) is 0 Å². The number of nitrogens with zero attached hydrogens (tertiary/aromatic N) is 2. The van der Waals surface area contributed by atoms with Gasteiger partial charge in [-0.3, -0.25) is 4.98 Å². The molecule has 0 amide bonds. The Hall–Kier alpha value is -7.49. The molecule has 266 valence electrons. The van der Waals surface area contributed by atoms with Gasteiger partial charge >= 0.3 is 0 Å². The largest absolute Gasteiger partial charge is 0.456 e. The van der Waals surface area contributed by atoms with Crippen molar-refractivity contribution in [1.29, 1.82) is 0 Å². The SMILES string of the molecule is c1ccc(N(c2ccc(-c3ccncc3)cc2)c2ccc3c(c2)C2(c4ccccc4-c4ccccc42)c2ccccc2-3)c(-c2cccc3oc4ccccc4c23)c1. The third-order valence-electron chi connectivity index (χ3n) is 12.2. The van der Waals surface area contributed by atoms with E-state index in [9.17, 15) is 0 Å². The van der Waals surface area contributed by atoms with Gasteiger partial charge in [0.25, 0.3) is 0 Å². The van der Waals surface area contributed by atoms with Gasteiger partial charge in [-0.2, -0.15) is 0 Å². The van der Waals surface area contributed by atoms with Gasteiger partial charge in [0.15, 0.2) is 0 Å². The Morgan fingerprint density at radius 1 is 0.386 bits per heavy atom. The second-order valence-corrected chi connectivity index (χ2v) is 15.0. The number of fused-ring (bicyclic) bond motifs is 13. The van der Waals surface area contributed by atoms with Crippen LogP contribution in [0.5, 0.6) is 0 Å². The number of aromatic nitrogens is 1. The lowest BCUT2D eigenvalue weighted by molar-refractivity contribution is 0.669. The van der Waals surface area contributed by atoms with Gasteiger partial charge in [0, 0.05) is 40.1 Å². The van der Waals surface area contributed by atoms with E-state index in [1.807, 2.05) is 18.5 Å². The van der Waals surface area contributed by atoms with E-state index in [1.165, 1.54) is 44.5 Å². The van der Waals surface area contributed by atoms with Crippen molar-refractivity contribution < 1.29 is 4.42 Å². The van der Waals surface area contributed by atoms with Crippen LogP contribution in [0.4, 0.5) is 17.1 Å². The topological polar surface area (TPSA) is 29.3 Å². The minimum absolute atomic E-state index is 0.452. The highest BCUT2D eigenvalue weighted by molar-refractivity contribution is 6.14. The molecule has 0 unspecified atom stereocenters. The standard InChI is InChI=1S/C54H34N2O/c1-6-18-46-39(12-1)40-13-2-7-19-47(40)54(46)48-20-8-3-14-41(48)42-29-28-38(34-49(42)54)56(37-26-24-35(25-27-37)36-30-32-55-33-31-36)50-21-9-4-15-43(50)44-17-11-23-52-53(44)45-16-5-10-22-51(45)57-52/h1-34H. The number of hydrogen-bond donors (Lipinski definition) is 0. The zero-order valence-corrected chi connectivity index (χ0v) is 30.9. The van der Waals surface area contributed by atoms with E-state index in [4.69, 9.17) is 4.42 Å². The number of pyridine rings is 1. The molecule has 0 N–H and O–H groups in total. The summed E-state index contributed by atoms with van der Waals surface area (Å²) in [5, 5.41) is 2.23. The highest BCUT2D eigenvalue weighted by Crippen LogP contribution is 2.63. The second kappa shape index (κ2) is 12.3. The van der Waals surface area contributed by atoms with Gasteiger partial charge in [-0.05, 0) is 116 Å². The fraction of sp³-hybridized carbons (Fsp3) is 0.0185. The Morgan fingerprint density at radius 3 is 1.61 bits per heavy atom. The summed E-state index contributed by atoms with van der Waals surface area (Å²) in [5.41, 5.74) is 19.6. The van der Waals surface area contributed by atoms with Gasteiger partial charge in [0.1, 0.15) is 11.2 Å². The van der Waals surface area contributed by atoms with Crippen molar-refractivity contribution in [2.75, 3.05) is 4.90 Å². The maximum absolute atomic E-state index is 6.41. The summed E-state index contributed by atoms with van der Waals surface area (Å²) in [6.45, 7) is 0. The molecular formula is C54H34N2O. The van der Waals surface area contributed by atoms with Crippen molar-refractivity contribution in [3.63, 3.8) is 0 Å². The molecule has 1 spiro atoms. The number of anilines is 3. The highest BCUT2D eigenvalue weighted by Gasteiger charge is 2.51. The van der Waals surface area contributed by atoms with E-state index >= 15 is 0 Å². The Labute approximate surface area is 330 Å². The monoisotopic (exact) mass is 726 g/mol. The van der Waals surface area contributed by atoms with Gasteiger partial charge in [-0.1, -0.05) is 140 Å². The Morgan fingerprint density at radius 2 is 0.912 bits per heavy atom. The lowest BCUT2D eigenvalue weighted by Crippen LogP contribution is -2.26. The molecule has 0 atom stereocenters. The maximum atomic E-state index is 6.41. The quantitative estimate of drug-likeness (QED) is 0.177. The summed E-state index contributed by atoms with van der Waals surface area (Å²) in [6.07, 6.45) is 3.70. The van der Waals surface area contributed by atoms with Crippen molar-refractivity contribution in [2.45, 2.75) is 5.41 Å². The zero-order valence-electron chi connectivity index (χ0n) is 30.9. The average Bonchev–Trinajstić information content (AvgIpc) is 3.91. The molecule has 8 aromatic carbocycles. The molecule has 0 saturated heterocycles. The van der Waals surface area contributed by atoms with Gasteiger partial charge < -0.3 is 9.32 Å². The second-order valence-electron chi connectivity index (χ2n) is 15.0. The Balaban J connectivity index is 1.13. The number of para-hydroxylation sites is 2. The minimum atomic E-state index is -0.452. The first-order chi connectivity index (χ1) is 28.3. The molecule has 10 aromatic rings. The number of hydrogen-bond acceptors (Lipinski definition) is 3. The van der Waals surface area contributed by atoms with Crippen LogP contribution >= 0.6 is 0 Å². The minimum Gasteiger partial charge on any atom is -0.456 e. The van der Waals surface area contributed by atoms with E-state index in [0.717, 1.165) is 61.3 Å². The molecule has 0 fully saturated rings. The smallest absolute Gasteiger partial charge is 0.136 e. The van der Waals surface area contributed by atoms with Crippen LogP contribution < -0.4 is 4.90 Å². The normalized spacial score (nSPS) is 13.1. The maximum Gasteiger partial charge on any atom is 0.136 e. The summed E-state index contributed by atoms with van der Waals surface area (Å²) in [5.74, 6) is 0. The summed E-state index contributed by atoms with van der Waals surface area (Å²) < 4.78 is 6.41. The molecule has 3 nitrogen and oxygen atoms in total. The van der Waals surface area contributed by atoms with Crippen molar-refractivity contribution in [3.05, 3.63) is 229 Å². The van der Waals surface area contributed by atoms with Crippen LogP contribution in [0.2, 0.25) is 0 Å².